The minimum absolute atomic E-state index is 0.288. The molecule has 0 spiro atoms. The molecule has 114 valence electrons. The minimum atomic E-state index is 0.288. The van der Waals surface area contributed by atoms with Crippen LogP contribution in [-0.4, -0.2) is 26.1 Å². The fraction of sp³-hybridized carbons (Fsp3) is 0.867. The molecule has 0 aliphatic heterocycles. The lowest BCUT2D eigenvalue weighted by Crippen LogP contribution is -2.32. The van der Waals surface area contributed by atoms with Gasteiger partial charge < -0.3 is 10.3 Å². The van der Waals surface area contributed by atoms with Crippen LogP contribution in [0.2, 0.25) is 0 Å². The Labute approximate surface area is 126 Å². The Morgan fingerprint density at radius 3 is 2.25 bits per heavy atom. The van der Waals surface area contributed by atoms with Crippen molar-refractivity contribution in [2.45, 2.75) is 80.7 Å². The molecule has 0 radical (unpaired) electrons. The molecule has 2 unspecified atom stereocenters. The predicted molar refractivity (Wildman–Crippen MR) is 84.8 cm³/mol. The Balaban J connectivity index is 1.92. The van der Waals surface area contributed by atoms with E-state index < -0.39 is 0 Å². The minimum Gasteiger partial charge on any atom is -0.327 e. The van der Waals surface area contributed by atoms with Gasteiger partial charge in [-0.3, -0.25) is 0 Å². The molecule has 1 fully saturated rings. The molecule has 5 heteroatoms. The van der Waals surface area contributed by atoms with Crippen LogP contribution in [0.4, 0.5) is 0 Å². The first kappa shape index (κ1) is 15.8. The smallest absolute Gasteiger partial charge is 0.191 e. The summed E-state index contributed by atoms with van der Waals surface area (Å²) in [6.07, 6.45) is 15.0. The zero-order valence-electron chi connectivity index (χ0n) is 12.6. The largest absolute Gasteiger partial charge is 0.327 e. The van der Waals surface area contributed by atoms with E-state index >= 15 is 0 Å². The van der Waals surface area contributed by atoms with E-state index in [1.165, 1.54) is 57.8 Å². The van der Waals surface area contributed by atoms with Crippen LogP contribution in [0.15, 0.2) is 11.5 Å². The van der Waals surface area contributed by atoms with E-state index in [4.69, 9.17) is 5.73 Å². The molecular formula is C15H28N4S. The number of hydrogen-bond acceptors (Lipinski definition) is 4. The average Bonchev–Trinajstić information content (AvgIpc) is 2.83. The van der Waals surface area contributed by atoms with Crippen molar-refractivity contribution in [3.63, 3.8) is 0 Å². The molecule has 2 N–H and O–H groups in total. The molecule has 1 heterocycles. The summed E-state index contributed by atoms with van der Waals surface area (Å²) in [5, 5.41) is 9.64. The molecule has 0 bridgehead atoms. The molecule has 0 saturated heterocycles. The van der Waals surface area contributed by atoms with Crippen LogP contribution in [0.5, 0.6) is 0 Å². The maximum atomic E-state index is 6.45. The van der Waals surface area contributed by atoms with E-state index in [2.05, 4.69) is 10.2 Å². The maximum absolute atomic E-state index is 6.45. The van der Waals surface area contributed by atoms with Crippen molar-refractivity contribution in [1.29, 1.82) is 0 Å². The fourth-order valence-corrected chi connectivity index (χ4v) is 4.02. The van der Waals surface area contributed by atoms with Crippen molar-refractivity contribution in [3.8, 4) is 0 Å². The van der Waals surface area contributed by atoms with Gasteiger partial charge in [0.1, 0.15) is 6.33 Å². The van der Waals surface area contributed by atoms with Crippen LogP contribution in [0.3, 0.4) is 0 Å². The van der Waals surface area contributed by atoms with Crippen LogP contribution >= 0.6 is 11.8 Å². The molecular weight excluding hydrogens is 268 g/mol. The van der Waals surface area contributed by atoms with Crippen molar-refractivity contribution < 1.29 is 0 Å². The number of rotatable bonds is 2. The summed E-state index contributed by atoms with van der Waals surface area (Å²) in [5.41, 5.74) is 6.45. The number of aryl methyl sites for hydroxylation is 1. The number of thioether (sulfide) groups is 1. The molecule has 2 atom stereocenters. The van der Waals surface area contributed by atoms with Crippen LogP contribution in [-0.2, 0) is 7.05 Å². The lowest BCUT2D eigenvalue weighted by molar-refractivity contribution is 0.472. The summed E-state index contributed by atoms with van der Waals surface area (Å²) in [6, 6.07) is 0.288. The summed E-state index contributed by atoms with van der Waals surface area (Å²) in [6.45, 7) is 0. The molecule has 2 rings (SSSR count). The molecule has 1 aromatic rings. The molecule has 0 amide bonds. The van der Waals surface area contributed by atoms with Gasteiger partial charge in [-0.2, -0.15) is 0 Å². The van der Waals surface area contributed by atoms with Crippen molar-refractivity contribution in [3.05, 3.63) is 6.33 Å². The van der Waals surface area contributed by atoms with Gasteiger partial charge in [0, 0.05) is 18.3 Å². The van der Waals surface area contributed by atoms with Gasteiger partial charge in [0.25, 0.3) is 0 Å². The summed E-state index contributed by atoms with van der Waals surface area (Å²) in [5.74, 6) is 0. The van der Waals surface area contributed by atoms with E-state index in [1.807, 2.05) is 23.4 Å². The summed E-state index contributed by atoms with van der Waals surface area (Å²) < 4.78 is 1.99. The highest BCUT2D eigenvalue weighted by Crippen LogP contribution is 2.29. The second-order valence-corrected chi connectivity index (χ2v) is 7.16. The van der Waals surface area contributed by atoms with Crippen LogP contribution in [0.1, 0.15) is 64.2 Å². The highest BCUT2D eigenvalue weighted by Gasteiger charge is 2.21. The van der Waals surface area contributed by atoms with E-state index in [9.17, 15) is 0 Å². The van der Waals surface area contributed by atoms with E-state index in [1.54, 1.807) is 6.33 Å². The third-order valence-corrected chi connectivity index (χ3v) is 5.65. The zero-order valence-corrected chi connectivity index (χ0v) is 13.4. The Kier molecular flexibility index (Phi) is 6.87. The average molecular weight is 296 g/mol. The van der Waals surface area contributed by atoms with Gasteiger partial charge in [0.05, 0.1) is 0 Å². The van der Waals surface area contributed by atoms with Gasteiger partial charge in [0.15, 0.2) is 5.16 Å². The van der Waals surface area contributed by atoms with Gasteiger partial charge in [-0.1, -0.05) is 63.1 Å². The van der Waals surface area contributed by atoms with Gasteiger partial charge >= 0.3 is 0 Å². The van der Waals surface area contributed by atoms with Gasteiger partial charge in [-0.05, 0) is 12.8 Å². The normalized spacial score (nSPS) is 26.7. The van der Waals surface area contributed by atoms with Crippen LogP contribution < -0.4 is 5.73 Å². The first-order valence-corrected chi connectivity index (χ1v) is 8.91. The molecule has 1 saturated carbocycles. The van der Waals surface area contributed by atoms with Crippen molar-refractivity contribution in [1.82, 2.24) is 14.8 Å². The molecule has 1 aliphatic carbocycles. The van der Waals surface area contributed by atoms with Gasteiger partial charge in [-0.15, -0.1) is 10.2 Å². The fourth-order valence-electron chi connectivity index (χ4n) is 2.85. The maximum Gasteiger partial charge on any atom is 0.191 e. The van der Waals surface area contributed by atoms with Crippen molar-refractivity contribution >= 4 is 11.8 Å². The Morgan fingerprint density at radius 1 is 1.05 bits per heavy atom. The Hall–Kier alpha value is -0.550. The first-order chi connectivity index (χ1) is 9.77. The first-order valence-electron chi connectivity index (χ1n) is 8.03. The summed E-state index contributed by atoms with van der Waals surface area (Å²) in [4.78, 5) is 0. The SMILES string of the molecule is Cn1cnnc1SC1CCCCCCCCCCC1N. The quantitative estimate of drug-likeness (QED) is 0.907. The lowest BCUT2D eigenvalue weighted by atomic mass is 9.98. The van der Waals surface area contributed by atoms with Gasteiger partial charge in [-0.25, -0.2) is 0 Å². The van der Waals surface area contributed by atoms with E-state index in [0.29, 0.717) is 5.25 Å². The highest BCUT2D eigenvalue weighted by atomic mass is 32.2. The second kappa shape index (κ2) is 8.67. The van der Waals surface area contributed by atoms with Crippen LogP contribution in [0.25, 0.3) is 0 Å². The highest BCUT2D eigenvalue weighted by molar-refractivity contribution is 7.99. The Morgan fingerprint density at radius 2 is 1.65 bits per heavy atom. The standard InChI is InChI=1S/C15H28N4S/c1-19-12-17-18-15(19)20-14-11-9-7-5-3-2-4-6-8-10-13(14)16/h12-14H,2-11,16H2,1H3. The predicted octanol–water partition coefficient (Wildman–Crippen LogP) is 3.52. The number of nitrogens with two attached hydrogens (primary N) is 1. The molecule has 1 aromatic heterocycles. The topological polar surface area (TPSA) is 56.7 Å². The second-order valence-electron chi connectivity index (χ2n) is 5.95. The van der Waals surface area contributed by atoms with E-state index in [-0.39, 0.29) is 6.04 Å². The Bertz CT molecular complexity index is 380. The molecule has 0 aromatic carbocycles. The number of aromatic nitrogens is 3. The third kappa shape index (κ3) is 5.09. The van der Waals surface area contributed by atoms with E-state index in [0.717, 1.165) is 11.6 Å². The number of hydrogen-bond donors (Lipinski definition) is 1. The number of nitrogens with zero attached hydrogens (tertiary/aromatic N) is 3. The van der Waals surface area contributed by atoms with Crippen LogP contribution in [0, 0.1) is 0 Å². The van der Waals surface area contributed by atoms with Gasteiger partial charge in [0.2, 0.25) is 0 Å². The summed E-state index contributed by atoms with van der Waals surface area (Å²) in [7, 11) is 2.00. The molecule has 1 aliphatic rings. The summed E-state index contributed by atoms with van der Waals surface area (Å²) >= 11 is 1.82. The lowest BCUT2D eigenvalue weighted by Gasteiger charge is -2.23. The monoisotopic (exact) mass is 296 g/mol. The molecule has 20 heavy (non-hydrogen) atoms. The third-order valence-electron chi connectivity index (χ3n) is 4.18. The zero-order chi connectivity index (χ0) is 14.2. The van der Waals surface area contributed by atoms with Crippen molar-refractivity contribution in [2.24, 2.45) is 12.8 Å². The molecule has 4 nitrogen and oxygen atoms in total. The van der Waals surface area contributed by atoms with Crippen molar-refractivity contribution in [2.75, 3.05) is 0 Å².